The van der Waals surface area contributed by atoms with Crippen LogP contribution in [0.4, 0.5) is 0 Å². The van der Waals surface area contributed by atoms with E-state index in [9.17, 15) is 9.59 Å². The zero-order chi connectivity index (χ0) is 12.8. The van der Waals surface area contributed by atoms with Crippen LogP contribution >= 0.6 is 11.8 Å². The van der Waals surface area contributed by atoms with Gasteiger partial charge >= 0.3 is 5.97 Å². The highest BCUT2D eigenvalue weighted by Crippen LogP contribution is 2.21. The summed E-state index contributed by atoms with van der Waals surface area (Å²) in [6, 6.07) is 0.358. The fourth-order valence-electron chi connectivity index (χ4n) is 2.10. The number of thioether (sulfide) groups is 1. The molecule has 5 heteroatoms. The highest BCUT2D eigenvalue weighted by Gasteiger charge is 2.25. The standard InChI is InChI=1S/C12H21NO3S/c1-3-10-6-4-5-7-13(10)11(14)8-17-9(2)12(15)16/h9-10H,3-8H2,1-2H3,(H,15,16)/t9-,10-/m1/s1. The van der Waals surface area contributed by atoms with Gasteiger partial charge in [-0.1, -0.05) is 6.92 Å². The first kappa shape index (κ1) is 14.4. The molecule has 17 heavy (non-hydrogen) atoms. The number of nitrogens with zero attached hydrogens (tertiary/aromatic N) is 1. The molecule has 0 unspecified atom stereocenters. The third-order valence-corrected chi connectivity index (χ3v) is 4.34. The minimum Gasteiger partial charge on any atom is -0.480 e. The number of carboxylic acids is 1. The molecule has 98 valence electrons. The molecule has 0 spiro atoms. The van der Waals surface area contributed by atoms with Crippen molar-refractivity contribution in [2.75, 3.05) is 12.3 Å². The molecule has 2 atom stereocenters. The number of rotatable bonds is 5. The van der Waals surface area contributed by atoms with Crippen molar-refractivity contribution in [1.29, 1.82) is 0 Å². The molecule has 0 aliphatic carbocycles. The maximum Gasteiger partial charge on any atom is 0.316 e. The topological polar surface area (TPSA) is 57.6 Å². The lowest BCUT2D eigenvalue weighted by Crippen LogP contribution is -2.44. The number of amides is 1. The lowest BCUT2D eigenvalue weighted by molar-refractivity contribution is -0.136. The summed E-state index contributed by atoms with van der Waals surface area (Å²) in [6.45, 7) is 4.55. The van der Waals surface area contributed by atoms with Crippen LogP contribution in [0.5, 0.6) is 0 Å². The Morgan fingerprint density at radius 1 is 1.47 bits per heavy atom. The van der Waals surface area contributed by atoms with Gasteiger partial charge in [0.1, 0.15) is 0 Å². The second-order valence-corrected chi connectivity index (χ2v) is 5.77. The Hall–Kier alpha value is -0.710. The average Bonchev–Trinajstić information content (AvgIpc) is 2.35. The molecule has 1 amide bonds. The van der Waals surface area contributed by atoms with E-state index >= 15 is 0 Å². The van der Waals surface area contributed by atoms with Gasteiger partial charge < -0.3 is 10.0 Å². The molecule has 0 aromatic rings. The van der Waals surface area contributed by atoms with E-state index in [4.69, 9.17) is 5.11 Å². The van der Waals surface area contributed by atoms with Crippen molar-refractivity contribution in [3.05, 3.63) is 0 Å². The summed E-state index contributed by atoms with van der Waals surface area (Å²) in [5, 5.41) is 8.25. The number of carboxylic acid groups (broad SMARTS) is 1. The molecular weight excluding hydrogens is 238 g/mol. The summed E-state index contributed by atoms with van der Waals surface area (Å²) >= 11 is 1.21. The SMILES string of the molecule is CC[C@@H]1CCCCN1C(=O)CS[C@H](C)C(=O)O. The monoisotopic (exact) mass is 259 g/mol. The van der Waals surface area contributed by atoms with Gasteiger partial charge in [-0.2, -0.15) is 0 Å². The fraction of sp³-hybridized carbons (Fsp3) is 0.833. The first-order valence-corrected chi connectivity index (χ1v) is 7.25. The van der Waals surface area contributed by atoms with Gasteiger partial charge in [0.2, 0.25) is 5.91 Å². The minimum absolute atomic E-state index is 0.0923. The van der Waals surface area contributed by atoms with Crippen LogP contribution in [-0.4, -0.2) is 45.5 Å². The van der Waals surface area contributed by atoms with Gasteiger partial charge in [-0.15, -0.1) is 11.8 Å². The number of aliphatic carboxylic acids is 1. The van der Waals surface area contributed by atoms with Gasteiger partial charge in [0.15, 0.2) is 0 Å². The zero-order valence-electron chi connectivity index (χ0n) is 10.5. The van der Waals surface area contributed by atoms with E-state index in [0.717, 1.165) is 25.8 Å². The van der Waals surface area contributed by atoms with Crippen LogP contribution in [0, 0.1) is 0 Å². The Morgan fingerprint density at radius 3 is 2.76 bits per heavy atom. The molecule has 0 radical (unpaired) electrons. The number of likely N-dealkylation sites (tertiary alicyclic amines) is 1. The lowest BCUT2D eigenvalue weighted by atomic mass is 10.0. The van der Waals surface area contributed by atoms with E-state index < -0.39 is 11.2 Å². The number of hydrogen-bond donors (Lipinski definition) is 1. The molecule has 4 nitrogen and oxygen atoms in total. The number of hydrogen-bond acceptors (Lipinski definition) is 3. The van der Waals surface area contributed by atoms with E-state index in [0.29, 0.717) is 6.04 Å². The maximum absolute atomic E-state index is 12.0. The molecule has 0 saturated carbocycles. The molecule has 1 saturated heterocycles. The van der Waals surface area contributed by atoms with Crippen molar-refractivity contribution in [2.45, 2.75) is 50.8 Å². The minimum atomic E-state index is -0.853. The second kappa shape index (κ2) is 6.89. The van der Waals surface area contributed by atoms with Crippen LogP contribution in [0.15, 0.2) is 0 Å². The number of carbonyl (C=O) groups is 2. The van der Waals surface area contributed by atoms with Crippen LogP contribution in [0.3, 0.4) is 0 Å². The molecule has 1 heterocycles. The lowest BCUT2D eigenvalue weighted by Gasteiger charge is -2.35. The zero-order valence-corrected chi connectivity index (χ0v) is 11.3. The van der Waals surface area contributed by atoms with E-state index in [2.05, 4.69) is 6.92 Å². The molecule has 0 aromatic carbocycles. The first-order valence-electron chi connectivity index (χ1n) is 6.20. The van der Waals surface area contributed by atoms with Gasteiger partial charge in [0.25, 0.3) is 0 Å². The molecular formula is C12H21NO3S. The predicted octanol–water partition coefficient (Wildman–Crippen LogP) is 1.98. The van der Waals surface area contributed by atoms with Crippen molar-refractivity contribution in [2.24, 2.45) is 0 Å². The molecule has 1 aliphatic heterocycles. The summed E-state index contributed by atoms with van der Waals surface area (Å²) in [4.78, 5) is 24.6. The summed E-state index contributed by atoms with van der Waals surface area (Å²) in [5.41, 5.74) is 0. The Kier molecular flexibility index (Phi) is 5.82. The molecule has 1 N–H and O–H groups in total. The van der Waals surface area contributed by atoms with Gasteiger partial charge in [-0.3, -0.25) is 9.59 Å². The van der Waals surface area contributed by atoms with Crippen LogP contribution in [-0.2, 0) is 9.59 Å². The summed E-state index contributed by atoms with van der Waals surface area (Å²) in [7, 11) is 0. The Labute approximate surface area is 107 Å². The van der Waals surface area contributed by atoms with Crippen molar-refractivity contribution < 1.29 is 14.7 Å². The van der Waals surface area contributed by atoms with E-state index in [1.54, 1.807) is 6.92 Å². The average molecular weight is 259 g/mol. The van der Waals surface area contributed by atoms with Crippen molar-refractivity contribution >= 4 is 23.6 Å². The van der Waals surface area contributed by atoms with Crippen LogP contribution in [0.2, 0.25) is 0 Å². The van der Waals surface area contributed by atoms with Gasteiger partial charge in [0, 0.05) is 12.6 Å². The fourth-order valence-corrected chi connectivity index (χ4v) is 2.80. The largest absolute Gasteiger partial charge is 0.480 e. The summed E-state index contributed by atoms with van der Waals surface area (Å²) in [6.07, 6.45) is 4.34. The quantitative estimate of drug-likeness (QED) is 0.820. The van der Waals surface area contributed by atoms with E-state index in [1.165, 1.54) is 18.2 Å². The van der Waals surface area contributed by atoms with Gasteiger partial charge in [-0.05, 0) is 32.6 Å². The Morgan fingerprint density at radius 2 is 2.18 bits per heavy atom. The Balaban J connectivity index is 2.42. The first-order chi connectivity index (χ1) is 8.06. The maximum atomic E-state index is 12.0. The second-order valence-electron chi connectivity index (χ2n) is 4.44. The third-order valence-electron chi connectivity index (χ3n) is 3.22. The number of piperidine rings is 1. The third kappa shape index (κ3) is 4.22. The van der Waals surface area contributed by atoms with E-state index in [-0.39, 0.29) is 11.7 Å². The smallest absolute Gasteiger partial charge is 0.316 e. The van der Waals surface area contributed by atoms with Gasteiger partial charge in [0.05, 0.1) is 11.0 Å². The van der Waals surface area contributed by atoms with Crippen LogP contribution < -0.4 is 0 Å². The molecule has 1 fully saturated rings. The predicted molar refractivity (Wildman–Crippen MR) is 69.2 cm³/mol. The molecule has 0 aromatic heterocycles. The summed E-state index contributed by atoms with van der Waals surface area (Å²) in [5.74, 6) is -0.479. The van der Waals surface area contributed by atoms with Crippen molar-refractivity contribution in [3.63, 3.8) is 0 Å². The normalized spacial score (nSPS) is 22.2. The van der Waals surface area contributed by atoms with Crippen molar-refractivity contribution in [3.8, 4) is 0 Å². The molecule has 0 bridgehead atoms. The van der Waals surface area contributed by atoms with Crippen molar-refractivity contribution in [1.82, 2.24) is 4.90 Å². The molecule has 1 rings (SSSR count). The highest BCUT2D eigenvalue weighted by atomic mass is 32.2. The highest BCUT2D eigenvalue weighted by molar-refractivity contribution is 8.01. The van der Waals surface area contributed by atoms with Gasteiger partial charge in [-0.25, -0.2) is 0 Å². The van der Waals surface area contributed by atoms with E-state index in [1.807, 2.05) is 4.90 Å². The molecule has 1 aliphatic rings. The van der Waals surface area contributed by atoms with Crippen LogP contribution in [0.25, 0.3) is 0 Å². The Bertz CT molecular complexity index is 283. The summed E-state index contributed by atoms with van der Waals surface area (Å²) < 4.78 is 0. The van der Waals surface area contributed by atoms with Crippen LogP contribution in [0.1, 0.15) is 39.5 Å². The number of carbonyl (C=O) groups excluding carboxylic acids is 1.